The quantitative estimate of drug-likeness (QED) is 0.490. The second-order valence-electron chi connectivity index (χ2n) is 2.80. The Labute approximate surface area is 73.0 Å². The zero-order chi connectivity index (χ0) is 9.19. The lowest BCUT2D eigenvalue weighted by atomic mass is 10.0. The smallest absolute Gasteiger partial charge is 0.312 e. The van der Waals surface area contributed by atoms with Gasteiger partial charge in [0.1, 0.15) is 0 Å². The van der Waals surface area contributed by atoms with Crippen LogP contribution in [0.2, 0.25) is 0 Å². The molecule has 0 saturated carbocycles. The predicted molar refractivity (Wildman–Crippen MR) is 47.0 cm³/mol. The van der Waals surface area contributed by atoms with Crippen LogP contribution in [0.1, 0.15) is 13.3 Å². The average Bonchev–Trinajstić information content (AvgIpc) is 2.43. The molecule has 0 spiro atoms. The fourth-order valence-electron chi connectivity index (χ4n) is 1.32. The van der Waals surface area contributed by atoms with Crippen molar-refractivity contribution in [3.8, 4) is 12.3 Å². The van der Waals surface area contributed by atoms with Crippen LogP contribution in [-0.4, -0.2) is 19.4 Å². The molecule has 0 radical (unpaired) electrons. The zero-order valence-electron chi connectivity index (χ0n) is 7.32. The van der Waals surface area contributed by atoms with Crippen LogP contribution in [0, 0.1) is 18.3 Å². The highest BCUT2D eigenvalue weighted by molar-refractivity contribution is 7.54. The van der Waals surface area contributed by atoms with Gasteiger partial charge in [-0.05, 0) is 6.42 Å². The third-order valence-corrected chi connectivity index (χ3v) is 4.05. The standard InChI is InChI=1S/C8H13O3P/c1-4-7-6-12(9,10-3)11-8(7)5-2/h1,7-8H,5-6H2,2-3H3. The van der Waals surface area contributed by atoms with E-state index in [9.17, 15) is 4.57 Å². The number of rotatable bonds is 2. The monoisotopic (exact) mass is 188 g/mol. The van der Waals surface area contributed by atoms with Crippen molar-refractivity contribution < 1.29 is 13.6 Å². The highest BCUT2D eigenvalue weighted by atomic mass is 31.2. The molecule has 1 aliphatic rings. The summed E-state index contributed by atoms with van der Waals surface area (Å²) in [7, 11) is -1.44. The molecule has 0 amide bonds. The molecule has 1 aliphatic heterocycles. The minimum atomic E-state index is -2.84. The summed E-state index contributed by atoms with van der Waals surface area (Å²) in [5.74, 6) is 2.52. The Bertz CT molecular complexity index is 243. The molecular weight excluding hydrogens is 175 g/mol. The Hall–Kier alpha value is -0.290. The topological polar surface area (TPSA) is 35.5 Å². The minimum Gasteiger partial charge on any atom is -0.312 e. The highest BCUT2D eigenvalue weighted by Gasteiger charge is 2.41. The first-order valence-electron chi connectivity index (χ1n) is 3.94. The van der Waals surface area contributed by atoms with Crippen molar-refractivity contribution in [2.75, 3.05) is 13.3 Å². The van der Waals surface area contributed by atoms with E-state index in [0.29, 0.717) is 6.16 Å². The Morgan fingerprint density at radius 1 is 1.83 bits per heavy atom. The van der Waals surface area contributed by atoms with E-state index in [1.54, 1.807) is 0 Å². The maximum atomic E-state index is 11.6. The lowest BCUT2D eigenvalue weighted by Crippen LogP contribution is -2.13. The molecular formula is C8H13O3P. The largest absolute Gasteiger partial charge is 0.332 e. The lowest BCUT2D eigenvalue weighted by Gasteiger charge is -2.10. The maximum Gasteiger partial charge on any atom is 0.332 e. The van der Waals surface area contributed by atoms with E-state index >= 15 is 0 Å². The van der Waals surface area contributed by atoms with Crippen LogP contribution in [0.5, 0.6) is 0 Å². The Morgan fingerprint density at radius 2 is 2.50 bits per heavy atom. The second-order valence-corrected chi connectivity index (χ2v) is 4.96. The van der Waals surface area contributed by atoms with E-state index in [1.165, 1.54) is 7.11 Å². The van der Waals surface area contributed by atoms with Gasteiger partial charge >= 0.3 is 7.60 Å². The molecule has 3 unspecified atom stereocenters. The summed E-state index contributed by atoms with van der Waals surface area (Å²) < 4.78 is 21.6. The van der Waals surface area contributed by atoms with Crippen LogP contribution in [0.3, 0.4) is 0 Å². The predicted octanol–water partition coefficient (Wildman–Crippen LogP) is 1.88. The molecule has 1 rings (SSSR count). The number of hydrogen-bond acceptors (Lipinski definition) is 3. The Morgan fingerprint density at radius 3 is 2.83 bits per heavy atom. The van der Waals surface area contributed by atoms with Gasteiger partial charge < -0.3 is 9.05 Å². The molecule has 0 bridgehead atoms. The van der Waals surface area contributed by atoms with Gasteiger partial charge in [0, 0.05) is 7.11 Å². The van der Waals surface area contributed by atoms with Gasteiger partial charge in [0.2, 0.25) is 0 Å². The molecule has 0 N–H and O–H groups in total. The molecule has 68 valence electrons. The Balaban J connectivity index is 2.73. The zero-order valence-corrected chi connectivity index (χ0v) is 8.21. The van der Waals surface area contributed by atoms with Gasteiger partial charge in [-0.3, -0.25) is 4.57 Å². The molecule has 3 atom stereocenters. The first kappa shape index (κ1) is 9.80. The van der Waals surface area contributed by atoms with Gasteiger partial charge in [0.15, 0.2) is 0 Å². The van der Waals surface area contributed by atoms with Gasteiger partial charge in [-0.25, -0.2) is 0 Å². The van der Waals surface area contributed by atoms with Gasteiger partial charge in [-0.2, -0.15) is 0 Å². The van der Waals surface area contributed by atoms with Gasteiger partial charge in [-0.15, -0.1) is 6.42 Å². The summed E-state index contributed by atoms with van der Waals surface area (Å²) in [6.07, 6.45) is 6.31. The molecule has 0 aliphatic carbocycles. The van der Waals surface area contributed by atoms with Crippen LogP contribution in [0.15, 0.2) is 0 Å². The van der Waals surface area contributed by atoms with E-state index in [4.69, 9.17) is 15.5 Å². The van der Waals surface area contributed by atoms with Crippen molar-refractivity contribution >= 4 is 7.60 Å². The van der Waals surface area contributed by atoms with E-state index in [2.05, 4.69) is 5.92 Å². The molecule has 1 fully saturated rings. The number of hydrogen-bond donors (Lipinski definition) is 0. The maximum absolute atomic E-state index is 11.6. The molecule has 1 saturated heterocycles. The molecule has 0 aromatic carbocycles. The van der Waals surface area contributed by atoms with Crippen molar-refractivity contribution in [3.05, 3.63) is 0 Å². The van der Waals surface area contributed by atoms with Crippen molar-refractivity contribution in [3.63, 3.8) is 0 Å². The van der Waals surface area contributed by atoms with Gasteiger partial charge in [-0.1, -0.05) is 12.8 Å². The summed E-state index contributed by atoms with van der Waals surface area (Å²) in [4.78, 5) is 0. The summed E-state index contributed by atoms with van der Waals surface area (Å²) in [5, 5.41) is 0. The molecule has 3 nitrogen and oxygen atoms in total. The van der Waals surface area contributed by atoms with Gasteiger partial charge in [0.25, 0.3) is 0 Å². The summed E-state index contributed by atoms with van der Waals surface area (Å²) in [6, 6.07) is 0. The van der Waals surface area contributed by atoms with E-state index in [-0.39, 0.29) is 12.0 Å². The lowest BCUT2D eigenvalue weighted by molar-refractivity contribution is 0.172. The average molecular weight is 188 g/mol. The van der Waals surface area contributed by atoms with Crippen molar-refractivity contribution in [1.82, 2.24) is 0 Å². The van der Waals surface area contributed by atoms with E-state index in [0.717, 1.165) is 6.42 Å². The molecule has 1 heterocycles. The normalized spacial score (nSPS) is 41.1. The van der Waals surface area contributed by atoms with Crippen LogP contribution in [0.4, 0.5) is 0 Å². The fourth-order valence-corrected chi connectivity index (χ4v) is 3.17. The summed E-state index contributed by atoms with van der Waals surface area (Å²) in [5.41, 5.74) is 0. The van der Waals surface area contributed by atoms with Crippen molar-refractivity contribution in [2.24, 2.45) is 5.92 Å². The molecule has 0 aromatic heterocycles. The van der Waals surface area contributed by atoms with Crippen LogP contribution >= 0.6 is 7.60 Å². The molecule has 0 aromatic rings. The fraction of sp³-hybridized carbons (Fsp3) is 0.750. The van der Waals surface area contributed by atoms with Crippen molar-refractivity contribution in [1.29, 1.82) is 0 Å². The van der Waals surface area contributed by atoms with Crippen LogP contribution < -0.4 is 0 Å². The third-order valence-electron chi connectivity index (χ3n) is 2.06. The van der Waals surface area contributed by atoms with Crippen LogP contribution in [-0.2, 0) is 13.6 Å². The third kappa shape index (κ3) is 1.72. The Kier molecular flexibility index (Phi) is 2.95. The van der Waals surface area contributed by atoms with E-state index in [1.807, 2.05) is 6.92 Å². The summed E-state index contributed by atoms with van der Waals surface area (Å²) >= 11 is 0. The van der Waals surface area contributed by atoms with Crippen LogP contribution in [0.25, 0.3) is 0 Å². The summed E-state index contributed by atoms with van der Waals surface area (Å²) in [6.45, 7) is 1.96. The highest BCUT2D eigenvalue weighted by Crippen LogP contribution is 2.57. The first-order chi connectivity index (χ1) is 5.65. The minimum absolute atomic E-state index is 0.0548. The molecule has 12 heavy (non-hydrogen) atoms. The number of terminal acetylenes is 1. The van der Waals surface area contributed by atoms with Gasteiger partial charge in [0.05, 0.1) is 18.2 Å². The van der Waals surface area contributed by atoms with E-state index < -0.39 is 7.60 Å². The first-order valence-corrected chi connectivity index (χ1v) is 5.67. The van der Waals surface area contributed by atoms with Crippen molar-refractivity contribution in [2.45, 2.75) is 19.4 Å². The second kappa shape index (κ2) is 3.62. The SMILES string of the molecule is C#CC1CP(=O)(OC)OC1CC. The molecule has 4 heteroatoms.